The molecule has 0 unspecified atom stereocenters. The maximum absolute atomic E-state index is 12.3. The van der Waals surface area contributed by atoms with Crippen LogP contribution in [-0.4, -0.2) is 41.4 Å². The molecule has 1 amide bonds. The van der Waals surface area contributed by atoms with Crippen molar-refractivity contribution in [3.63, 3.8) is 0 Å². The van der Waals surface area contributed by atoms with Crippen molar-refractivity contribution >= 4 is 5.91 Å². The number of amides is 1. The molecule has 2 heterocycles. The second-order valence-electron chi connectivity index (χ2n) is 6.97. The topological polar surface area (TPSA) is 23.6 Å². The average Bonchev–Trinajstić information content (AvgIpc) is 2.45. The highest BCUT2D eigenvalue weighted by molar-refractivity contribution is 5.76. The number of benzene rings is 1. The van der Waals surface area contributed by atoms with Crippen LogP contribution in [0.2, 0.25) is 0 Å². The molecule has 0 N–H and O–H groups in total. The van der Waals surface area contributed by atoms with E-state index in [1.165, 1.54) is 18.5 Å². The largest absolute Gasteiger partial charge is 0.341 e. The van der Waals surface area contributed by atoms with Gasteiger partial charge in [-0.15, -0.1) is 0 Å². The standard InChI is InChI=1S/C18H26N2O/c1-14(2)10-18(21)19-9-8-16-12-20(17(16)13-19)11-15-6-4-3-5-7-15/h3-7,14,16-17H,8-13H2,1-2H3/t16-,17-/m1/s1. The molecule has 2 saturated heterocycles. The molecule has 2 aliphatic heterocycles. The van der Waals surface area contributed by atoms with Crippen molar-refractivity contribution in [3.8, 4) is 0 Å². The molecule has 0 bridgehead atoms. The van der Waals surface area contributed by atoms with Gasteiger partial charge in [0.25, 0.3) is 0 Å². The summed E-state index contributed by atoms with van der Waals surface area (Å²) in [4.78, 5) is 16.9. The van der Waals surface area contributed by atoms with E-state index in [4.69, 9.17) is 0 Å². The van der Waals surface area contributed by atoms with Gasteiger partial charge in [0, 0.05) is 38.6 Å². The zero-order chi connectivity index (χ0) is 14.8. The zero-order valence-electron chi connectivity index (χ0n) is 13.2. The fraction of sp³-hybridized carbons (Fsp3) is 0.611. The van der Waals surface area contributed by atoms with Gasteiger partial charge < -0.3 is 4.90 Å². The number of hydrogen-bond donors (Lipinski definition) is 0. The minimum Gasteiger partial charge on any atom is -0.341 e. The summed E-state index contributed by atoms with van der Waals surface area (Å²) in [7, 11) is 0. The van der Waals surface area contributed by atoms with Crippen LogP contribution in [-0.2, 0) is 11.3 Å². The molecule has 3 rings (SSSR count). The van der Waals surface area contributed by atoms with Gasteiger partial charge >= 0.3 is 0 Å². The van der Waals surface area contributed by atoms with Crippen LogP contribution in [0.3, 0.4) is 0 Å². The van der Waals surface area contributed by atoms with E-state index in [9.17, 15) is 4.79 Å². The summed E-state index contributed by atoms with van der Waals surface area (Å²) in [6.07, 6.45) is 1.87. The van der Waals surface area contributed by atoms with E-state index in [-0.39, 0.29) is 0 Å². The minimum atomic E-state index is 0.343. The van der Waals surface area contributed by atoms with E-state index < -0.39 is 0 Å². The lowest BCUT2D eigenvalue weighted by molar-refractivity contribution is -0.139. The molecule has 0 aromatic heterocycles. The van der Waals surface area contributed by atoms with Crippen LogP contribution in [0.1, 0.15) is 32.3 Å². The summed E-state index contributed by atoms with van der Waals surface area (Å²) >= 11 is 0. The van der Waals surface area contributed by atoms with Crippen LogP contribution in [0, 0.1) is 11.8 Å². The van der Waals surface area contributed by atoms with Gasteiger partial charge in [-0.05, 0) is 23.8 Å². The Morgan fingerprint density at radius 1 is 1.24 bits per heavy atom. The third-order valence-electron chi connectivity index (χ3n) is 4.82. The van der Waals surface area contributed by atoms with Crippen molar-refractivity contribution < 1.29 is 4.79 Å². The first-order valence-electron chi connectivity index (χ1n) is 8.19. The first-order chi connectivity index (χ1) is 10.1. The molecule has 1 aromatic rings. The number of rotatable bonds is 4. The highest BCUT2D eigenvalue weighted by Gasteiger charge is 2.43. The maximum Gasteiger partial charge on any atom is 0.222 e. The Balaban J connectivity index is 1.56. The molecule has 0 saturated carbocycles. The van der Waals surface area contributed by atoms with Crippen molar-refractivity contribution in [1.29, 1.82) is 0 Å². The van der Waals surface area contributed by atoms with Gasteiger partial charge in [0.15, 0.2) is 0 Å². The predicted octanol–water partition coefficient (Wildman–Crippen LogP) is 2.77. The lowest BCUT2D eigenvalue weighted by Gasteiger charge is -2.53. The summed E-state index contributed by atoms with van der Waals surface area (Å²) in [5, 5.41) is 0. The number of carbonyl (C=O) groups is 1. The van der Waals surface area contributed by atoms with Gasteiger partial charge in [-0.25, -0.2) is 0 Å². The molecule has 2 aliphatic rings. The van der Waals surface area contributed by atoms with Crippen LogP contribution in [0.5, 0.6) is 0 Å². The average molecular weight is 286 g/mol. The van der Waals surface area contributed by atoms with E-state index in [1.807, 2.05) is 0 Å². The molecule has 0 radical (unpaired) electrons. The van der Waals surface area contributed by atoms with Gasteiger partial charge in [0.05, 0.1) is 0 Å². The SMILES string of the molecule is CC(C)CC(=O)N1CC[C@@H]2CN(Cc3ccccc3)[C@@H]2C1. The molecule has 2 atom stereocenters. The molecule has 114 valence electrons. The molecular weight excluding hydrogens is 260 g/mol. The smallest absolute Gasteiger partial charge is 0.222 e. The Bertz CT molecular complexity index is 485. The summed E-state index contributed by atoms with van der Waals surface area (Å²) in [6.45, 7) is 8.36. The Morgan fingerprint density at radius 3 is 2.71 bits per heavy atom. The van der Waals surface area contributed by atoms with Crippen molar-refractivity contribution in [2.24, 2.45) is 11.8 Å². The van der Waals surface area contributed by atoms with Gasteiger partial charge in [-0.2, -0.15) is 0 Å². The third-order valence-corrected chi connectivity index (χ3v) is 4.82. The number of hydrogen-bond acceptors (Lipinski definition) is 2. The van der Waals surface area contributed by atoms with Crippen molar-refractivity contribution in [3.05, 3.63) is 35.9 Å². The number of fused-ring (bicyclic) bond motifs is 1. The number of nitrogens with zero attached hydrogens (tertiary/aromatic N) is 2. The Labute approximate surface area is 127 Å². The monoisotopic (exact) mass is 286 g/mol. The van der Waals surface area contributed by atoms with Crippen LogP contribution in [0.4, 0.5) is 0 Å². The van der Waals surface area contributed by atoms with E-state index in [1.54, 1.807) is 0 Å². The first kappa shape index (κ1) is 14.6. The van der Waals surface area contributed by atoms with Crippen LogP contribution < -0.4 is 0 Å². The highest BCUT2D eigenvalue weighted by Crippen LogP contribution is 2.33. The normalized spacial score (nSPS) is 25.6. The van der Waals surface area contributed by atoms with Crippen LogP contribution in [0.15, 0.2) is 30.3 Å². The molecule has 0 aliphatic carbocycles. The summed E-state index contributed by atoms with van der Waals surface area (Å²) < 4.78 is 0. The van der Waals surface area contributed by atoms with Gasteiger partial charge in [-0.3, -0.25) is 9.69 Å². The quantitative estimate of drug-likeness (QED) is 0.850. The summed E-state index contributed by atoms with van der Waals surface area (Å²) in [5.41, 5.74) is 1.38. The van der Waals surface area contributed by atoms with Gasteiger partial charge in [0.1, 0.15) is 0 Å². The molecule has 0 spiro atoms. The van der Waals surface area contributed by atoms with Crippen LogP contribution in [0.25, 0.3) is 0 Å². The first-order valence-corrected chi connectivity index (χ1v) is 8.19. The molecular formula is C18H26N2O. The lowest BCUT2D eigenvalue weighted by atomic mass is 9.81. The van der Waals surface area contributed by atoms with E-state index in [0.717, 1.165) is 25.6 Å². The second kappa shape index (κ2) is 6.18. The fourth-order valence-corrected chi connectivity index (χ4v) is 3.61. The van der Waals surface area contributed by atoms with E-state index >= 15 is 0 Å². The van der Waals surface area contributed by atoms with E-state index in [0.29, 0.717) is 24.3 Å². The Kier molecular flexibility index (Phi) is 4.29. The molecule has 3 nitrogen and oxygen atoms in total. The zero-order valence-corrected chi connectivity index (χ0v) is 13.2. The minimum absolute atomic E-state index is 0.343. The maximum atomic E-state index is 12.3. The molecule has 2 fully saturated rings. The van der Waals surface area contributed by atoms with Crippen molar-refractivity contribution in [2.45, 2.75) is 39.3 Å². The number of likely N-dealkylation sites (tertiary alicyclic amines) is 2. The van der Waals surface area contributed by atoms with Gasteiger partial charge in [0.2, 0.25) is 5.91 Å². The number of carbonyl (C=O) groups excluding carboxylic acids is 1. The highest BCUT2D eigenvalue weighted by atomic mass is 16.2. The lowest BCUT2D eigenvalue weighted by Crippen LogP contribution is -2.64. The van der Waals surface area contributed by atoms with Crippen molar-refractivity contribution in [1.82, 2.24) is 9.80 Å². The summed E-state index contributed by atoms with van der Waals surface area (Å²) in [5.74, 6) is 1.60. The molecule has 3 heteroatoms. The molecule has 21 heavy (non-hydrogen) atoms. The summed E-state index contributed by atoms with van der Waals surface area (Å²) in [6, 6.07) is 11.2. The predicted molar refractivity (Wildman–Crippen MR) is 84.8 cm³/mol. The Morgan fingerprint density at radius 2 is 2.00 bits per heavy atom. The second-order valence-corrected chi connectivity index (χ2v) is 6.97. The third kappa shape index (κ3) is 3.29. The van der Waals surface area contributed by atoms with Crippen molar-refractivity contribution in [2.75, 3.05) is 19.6 Å². The Hall–Kier alpha value is -1.35. The fourth-order valence-electron chi connectivity index (χ4n) is 3.61. The van der Waals surface area contributed by atoms with E-state index in [2.05, 4.69) is 54.0 Å². The van der Waals surface area contributed by atoms with Crippen LogP contribution >= 0.6 is 0 Å². The molecule has 1 aromatic carbocycles. The number of piperidine rings is 1. The van der Waals surface area contributed by atoms with Gasteiger partial charge in [-0.1, -0.05) is 44.2 Å².